The maximum absolute atomic E-state index is 12.1. The molecule has 0 amide bonds. The second-order valence-electron chi connectivity index (χ2n) is 7.05. The molecule has 122 valence electrons. The zero-order chi connectivity index (χ0) is 15.7. The number of carbonyl (C=O) groups is 2. The molecule has 0 spiro atoms. The van der Waals surface area contributed by atoms with E-state index in [-0.39, 0.29) is 24.4 Å². The maximum atomic E-state index is 12.1. The summed E-state index contributed by atoms with van der Waals surface area (Å²) in [6.07, 6.45) is 9.02. The van der Waals surface area contributed by atoms with Gasteiger partial charge in [0, 0.05) is 11.8 Å². The first kappa shape index (κ1) is 15.5. The monoisotopic (exact) mass is 308 g/mol. The minimum absolute atomic E-state index is 0.0515. The van der Waals surface area contributed by atoms with Crippen LogP contribution in [0, 0.1) is 17.8 Å². The molecule has 0 aromatic rings. The van der Waals surface area contributed by atoms with Crippen LogP contribution in [0.4, 0.5) is 0 Å². The summed E-state index contributed by atoms with van der Waals surface area (Å²) in [4.78, 5) is 24.0. The lowest BCUT2D eigenvalue weighted by atomic mass is 9.86. The molecule has 2 saturated carbocycles. The molecule has 2 fully saturated rings. The van der Waals surface area contributed by atoms with Gasteiger partial charge in [-0.15, -0.1) is 0 Å². The largest absolute Gasteiger partial charge is 0.457 e. The van der Waals surface area contributed by atoms with Crippen molar-refractivity contribution in [1.29, 1.82) is 0 Å². The van der Waals surface area contributed by atoms with Crippen molar-refractivity contribution in [3.05, 3.63) is 12.2 Å². The first-order chi connectivity index (χ1) is 10.5. The third kappa shape index (κ3) is 3.05. The van der Waals surface area contributed by atoms with Crippen LogP contribution in [0.2, 0.25) is 0 Å². The average molecular weight is 308 g/mol. The molecule has 0 heterocycles. The van der Waals surface area contributed by atoms with Crippen molar-refractivity contribution in [1.82, 2.24) is 0 Å². The standard InChI is InChI=1S/C17H24O5/c1-17(7-3-2-4-8-17)22-14(18)10-21-16(20)13-9-11-5-6-12(13)15(11)19/h5-6,11-13,15,19H,2-4,7-10H2,1H3. The Balaban J connectivity index is 1.45. The molecule has 0 aromatic heterocycles. The summed E-state index contributed by atoms with van der Waals surface area (Å²) < 4.78 is 10.6. The molecule has 1 N–H and O–H groups in total. The summed E-state index contributed by atoms with van der Waals surface area (Å²) in [6, 6.07) is 0. The number of fused-ring (bicyclic) bond motifs is 2. The SMILES string of the molecule is CC1(OC(=O)COC(=O)C2CC3C=CC2C3O)CCCCC1. The van der Waals surface area contributed by atoms with Crippen molar-refractivity contribution >= 4 is 11.9 Å². The second-order valence-corrected chi connectivity index (χ2v) is 7.05. The van der Waals surface area contributed by atoms with Crippen LogP contribution in [0.5, 0.6) is 0 Å². The molecule has 2 bridgehead atoms. The number of aliphatic hydroxyl groups is 1. The van der Waals surface area contributed by atoms with Gasteiger partial charge in [-0.25, -0.2) is 4.79 Å². The van der Waals surface area contributed by atoms with Crippen molar-refractivity contribution in [2.24, 2.45) is 17.8 Å². The normalized spacial score (nSPS) is 35.4. The molecule has 0 radical (unpaired) electrons. The lowest BCUT2D eigenvalue weighted by molar-refractivity contribution is -0.173. The second kappa shape index (κ2) is 6.03. The van der Waals surface area contributed by atoms with Gasteiger partial charge in [-0.05, 0) is 39.0 Å². The number of esters is 2. The molecule has 3 aliphatic carbocycles. The highest BCUT2D eigenvalue weighted by atomic mass is 16.6. The van der Waals surface area contributed by atoms with Crippen LogP contribution in [0.15, 0.2) is 12.2 Å². The molecule has 0 aliphatic heterocycles. The van der Waals surface area contributed by atoms with E-state index in [1.54, 1.807) is 0 Å². The van der Waals surface area contributed by atoms with E-state index in [0.29, 0.717) is 6.42 Å². The molecular formula is C17H24O5. The van der Waals surface area contributed by atoms with E-state index in [1.165, 1.54) is 6.42 Å². The molecule has 22 heavy (non-hydrogen) atoms. The third-order valence-electron chi connectivity index (χ3n) is 5.31. The highest BCUT2D eigenvalue weighted by molar-refractivity contribution is 5.79. The van der Waals surface area contributed by atoms with Gasteiger partial charge in [-0.2, -0.15) is 0 Å². The first-order valence-corrected chi connectivity index (χ1v) is 8.23. The topological polar surface area (TPSA) is 72.8 Å². The van der Waals surface area contributed by atoms with E-state index in [1.807, 2.05) is 19.1 Å². The van der Waals surface area contributed by atoms with Crippen molar-refractivity contribution in [3.63, 3.8) is 0 Å². The Hall–Kier alpha value is -1.36. The highest BCUT2D eigenvalue weighted by Gasteiger charge is 2.47. The Morgan fingerprint density at radius 3 is 2.55 bits per heavy atom. The first-order valence-electron chi connectivity index (χ1n) is 8.23. The summed E-state index contributed by atoms with van der Waals surface area (Å²) in [7, 11) is 0. The molecule has 3 rings (SSSR count). The van der Waals surface area contributed by atoms with E-state index in [2.05, 4.69) is 0 Å². The molecule has 5 nitrogen and oxygen atoms in total. The predicted molar refractivity (Wildman–Crippen MR) is 78.8 cm³/mol. The van der Waals surface area contributed by atoms with Crippen LogP contribution in [0.3, 0.4) is 0 Å². The van der Waals surface area contributed by atoms with E-state index >= 15 is 0 Å². The number of hydrogen-bond donors (Lipinski definition) is 1. The van der Waals surface area contributed by atoms with Gasteiger partial charge in [0.2, 0.25) is 0 Å². The Morgan fingerprint density at radius 2 is 1.95 bits per heavy atom. The Morgan fingerprint density at radius 1 is 1.23 bits per heavy atom. The average Bonchev–Trinajstić information content (AvgIpc) is 3.00. The number of rotatable bonds is 4. The van der Waals surface area contributed by atoms with E-state index in [9.17, 15) is 14.7 Å². The van der Waals surface area contributed by atoms with Crippen LogP contribution in [0.1, 0.15) is 45.4 Å². The summed E-state index contributed by atoms with van der Waals surface area (Å²) in [6.45, 7) is 1.62. The van der Waals surface area contributed by atoms with E-state index < -0.39 is 23.6 Å². The Labute approximate surface area is 130 Å². The fraction of sp³-hybridized carbons (Fsp3) is 0.765. The maximum Gasteiger partial charge on any atom is 0.344 e. The van der Waals surface area contributed by atoms with Crippen LogP contribution in [0.25, 0.3) is 0 Å². The molecular weight excluding hydrogens is 284 g/mol. The van der Waals surface area contributed by atoms with Crippen molar-refractivity contribution in [2.75, 3.05) is 6.61 Å². The predicted octanol–water partition coefficient (Wildman–Crippen LogP) is 1.98. The van der Waals surface area contributed by atoms with Crippen molar-refractivity contribution < 1.29 is 24.2 Å². The van der Waals surface area contributed by atoms with Gasteiger partial charge in [0.25, 0.3) is 0 Å². The van der Waals surface area contributed by atoms with Gasteiger partial charge in [0.15, 0.2) is 6.61 Å². The minimum Gasteiger partial charge on any atom is -0.457 e. The number of ether oxygens (including phenoxy) is 2. The summed E-state index contributed by atoms with van der Waals surface area (Å²) >= 11 is 0. The molecule has 3 aliphatic rings. The minimum atomic E-state index is -0.481. The fourth-order valence-corrected chi connectivity index (χ4v) is 4.02. The van der Waals surface area contributed by atoms with E-state index in [4.69, 9.17) is 9.47 Å². The van der Waals surface area contributed by atoms with Crippen LogP contribution < -0.4 is 0 Å². The lowest BCUT2D eigenvalue weighted by Gasteiger charge is -2.33. The third-order valence-corrected chi connectivity index (χ3v) is 5.31. The summed E-state index contributed by atoms with van der Waals surface area (Å²) in [5.41, 5.74) is -0.410. The smallest absolute Gasteiger partial charge is 0.344 e. The number of carbonyl (C=O) groups excluding carboxylic acids is 2. The molecule has 0 saturated heterocycles. The zero-order valence-electron chi connectivity index (χ0n) is 13.0. The van der Waals surface area contributed by atoms with Crippen LogP contribution in [-0.2, 0) is 19.1 Å². The zero-order valence-corrected chi connectivity index (χ0v) is 13.0. The van der Waals surface area contributed by atoms with Gasteiger partial charge in [0.1, 0.15) is 5.60 Å². The lowest BCUT2D eigenvalue weighted by Crippen LogP contribution is -2.36. The molecule has 0 aromatic carbocycles. The Kier molecular flexibility index (Phi) is 4.26. The van der Waals surface area contributed by atoms with Crippen molar-refractivity contribution in [3.8, 4) is 0 Å². The van der Waals surface area contributed by atoms with Gasteiger partial charge >= 0.3 is 11.9 Å². The van der Waals surface area contributed by atoms with Gasteiger partial charge in [0.05, 0.1) is 12.0 Å². The summed E-state index contributed by atoms with van der Waals surface area (Å²) in [5, 5.41) is 9.91. The molecule has 4 unspecified atom stereocenters. The van der Waals surface area contributed by atoms with Crippen LogP contribution in [-0.4, -0.2) is 35.4 Å². The number of aliphatic hydroxyl groups excluding tert-OH is 1. The highest BCUT2D eigenvalue weighted by Crippen LogP contribution is 2.44. The van der Waals surface area contributed by atoms with Crippen molar-refractivity contribution in [2.45, 2.75) is 57.2 Å². The van der Waals surface area contributed by atoms with Gasteiger partial charge < -0.3 is 14.6 Å². The number of hydrogen-bond acceptors (Lipinski definition) is 5. The fourth-order valence-electron chi connectivity index (χ4n) is 4.02. The van der Waals surface area contributed by atoms with Crippen LogP contribution >= 0.6 is 0 Å². The quantitative estimate of drug-likeness (QED) is 0.635. The Bertz CT molecular complexity index is 477. The summed E-state index contributed by atoms with van der Waals surface area (Å²) in [5.74, 6) is -1.32. The van der Waals surface area contributed by atoms with Gasteiger partial charge in [-0.3, -0.25) is 4.79 Å². The van der Waals surface area contributed by atoms with Gasteiger partial charge in [-0.1, -0.05) is 18.6 Å². The van der Waals surface area contributed by atoms with E-state index in [0.717, 1.165) is 25.7 Å². The molecule has 4 atom stereocenters. The molecule has 5 heteroatoms.